The Balaban J connectivity index is 2.20. The molecule has 0 amide bonds. The van der Waals surface area contributed by atoms with Gasteiger partial charge in [-0.25, -0.2) is 0 Å². The van der Waals surface area contributed by atoms with Crippen LogP contribution in [-0.2, 0) is 6.54 Å². The second-order valence-corrected chi connectivity index (χ2v) is 4.23. The molecular weight excluding hydrogens is 222 g/mol. The lowest BCUT2D eigenvalue weighted by atomic mass is 10.1. The highest BCUT2D eigenvalue weighted by molar-refractivity contribution is 5.54. The van der Waals surface area contributed by atoms with Gasteiger partial charge < -0.3 is 0 Å². The van der Waals surface area contributed by atoms with Gasteiger partial charge >= 0.3 is 0 Å². The summed E-state index contributed by atoms with van der Waals surface area (Å²) in [5, 5.41) is 0. The van der Waals surface area contributed by atoms with E-state index in [0.29, 0.717) is 0 Å². The van der Waals surface area contributed by atoms with Crippen molar-refractivity contribution in [1.82, 2.24) is 14.9 Å². The highest BCUT2D eigenvalue weighted by Gasteiger charge is 2.04. The second kappa shape index (κ2) is 6.26. The van der Waals surface area contributed by atoms with Crippen LogP contribution in [0, 0.1) is 0 Å². The number of rotatable bonds is 5. The van der Waals surface area contributed by atoms with Crippen LogP contribution in [0.3, 0.4) is 0 Å². The maximum atomic E-state index is 4.39. The van der Waals surface area contributed by atoms with Crippen molar-refractivity contribution in [2.75, 3.05) is 13.1 Å². The Kier molecular flexibility index (Phi) is 4.42. The van der Waals surface area contributed by atoms with Crippen LogP contribution >= 0.6 is 0 Å². The lowest BCUT2D eigenvalue weighted by Crippen LogP contribution is -2.22. The number of pyridine rings is 2. The first-order valence-electron chi connectivity index (χ1n) is 6.42. The van der Waals surface area contributed by atoms with Gasteiger partial charge in [-0.1, -0.05) is 19.9 Å². The number of hydrogen-bond donors (Lipinski definition) is 0. The normalized spacial score (nSPS) is 10.8. The Labute approximate surface area is 109 Å². The highest BCUT2D eigenvalue weighted by Crippen LogP contribution is 2.15. The van der Waals surface area contributed by atoms with E-state index in [-0.39, 0.29) is 0 Å². The predicted octanol–water partition coefficient (Wildman–Crippen LogP) is 2.99. The average molecular weight is 241 g/mol. The van der Waals surface area contributed by atoms with E-state index in [1.54, 1.807) is 6.20 Å². The van der Waals surface area contributed by atoms with Crippen LogP contribution < -0.4 is 0 Å². The molecule has 0 fully saturated rings. The molecule has 0 bridgehead atoms. The van der Waals surface area contributed by atoms with Gasteiger partial charge in [-0.2, -0.15) is 0 Å². The molecule has 0 spiro atoms. The Hall–Kier alpha value is -1.74. The smallest absolute Gasteiger partial charge is 0.0889 e. The van der Waals surface area contributed by atoms with Gasteiger partial charge in [0.15, 0.2) is 0 Å². The van der Waals surface area contributed by atoms with E-state index in [1.165, 1.54) is 5.56 Å². The predicted molar refractivity (Wildman–Crippen MR) is 74.1 cm³/mol. The van der Waals surface area contributed by atoms with Crippen molar-refractivity contribution in [3.8, 4) is 11.4 Å². The van der Waals surface area contributed by atoms with E-state index >= 15 is 0 Å². The zero-order valence-electron chi connectivity index (χ0n) is 11.0. The summed E-state index contributed by atoms with van der Waals surface area (Å²) in [6.45, 7) is 7.47. The van der Waals surface area contributed by atoms with Gasteiger partial charge in [0.05, 0.1) is 11.4 Å². The molecule has 0 saturated heterocycles. The molecule has 0 aromatic carbocycles. The van der Waals surface area contributed by atoms with Gasteiger partial charge in [0.25, 0.3) is 0 Å². The Morgan fingerprint density at radius 1 is 0.944 bits per heavy atom. The van der Waals surface area contributed by atoms with Crippen molar-refractivity contribution in [2.24, 2.45) is 0 Å². The molecule has 2 heterocycles. The van der Waals surface area contributed by atoms with Crippen LogP contribution in [0.2, 0.25) is 0 Å². The minimum Gasteiger partial charge on any atom is -0.300 e. The van der Waals surface area contributed by atoms with E-state index in [0.717, 1.165) is 31.0 Å². The fraction of sp³-hybridized carbons (Fsp3) is 0.333. The van der Waals surface area contributed by atoms with Gasteiger partial charge in [-0.05, 0) is 42.9 Å². The van der Waals surface area contributed by atoms with E-state index < -0.39 is 0 Å². The van der Waals surface area contributed by atoms with Crippen molar-refractivity contribution in [3.05, 3.63) is 48.3 Å². The Morgan fingerprint density at radius 3 is 2.39 bits per heavy atom. The third-order valence-corrected chi connectivity index (χ3v) is 3.05. The van der Waals surface area contributed by atoms with Crippen molar-refractivity contribution in [3.63, 3.8) is 0 Å². The van der Waals surface area contributed by atoms with Gasteiger partial charge in [-0.15, -0.1) is 0 Å². The summed E-state index contributed by atoms with van der Waals surface area (Å²) in [5.74, 6) is 0. The summed E-state index contributed by atoms with van der Waals surface area (Å²) in [7, 11) is 0. The molecule has 0 aliphatic rings. The zero-order valence-corrected chi connectivity index (χ0v) is 11.0. The lowest BCUT2D eigenvalue weighted by Gasteiger charge is -2.18. The summed E-state index contributed by atoms with van der Waals surface area (Å²) >= 11 is 0. The average Bonchev–Trinajstić information content (AvgIpc) is 2.46. The first-order chi connectivity index (χ1) is 8.83. The molecule has 0 unspecified atom stereocenters. The standard InChI is InChI=1S/C15H19N3/c1-3-18(4-2)12-13-8-10-17-15(11-13)14-7-5-6-9-16-14/h5-11H,3-4,12H2,1-2H3. The van der Waals surface area contributed by atoms with Crippen LogP contribution in [-0.4, -0.2) is 28.0 Å². The first-order valence-corrected chi connectivity index (χ1v) is 6.42. The Morgan fingerprint density at radius 2 is 1.72 bits per heavy atom. The topological polar surface area (TPSA) is 29.0 Å². The monoisotopic (exact) mass is 241 g/mol. The minimum absolute atomic E-state index is 0.930. The van der Waals surface area contributed by atoms with E-state index in [4.69, 9.17) is 0 Å². The molecule has 0 N–H and O–H groups in total. The molecule has 0 radical (unpaired) electrons. The SMILES string of the molecule is CCN(CC)Cc1ccnc(-c2ccccn2)c1. The van der Waals surface area contributed by atoms with E-state index in [2.05, 4.69) is 40.8 Å². The largest absolute Gasteiger partial charge is 0.300 e. The molecule has 3 heteroatoms. The van der Waals surface area contributed by atoms with E-state index in [1.807, 2.05) is 24.4 Å². The fourth-order valence-corrected chi connectivity index (χ4v) is 1.93. The van der Waals surface area contributed by atoms with Crippen LogP contribution in [0.5, 0.6) is 0 Å². The molecule has 2 rings (SSSR count). The molecule has 2 aromatic rings. The first kappa shape index (κ1) is 12.7. The van der Waals surface area contributed by atoms with Gasteiger partial charge in [0.2, 0.25) is 0 Å². The maximum Gasteiger partial charge on any atom is 0.0889 e. The fourth-order valence-electron chi connectivity index (χ4n) is 1.93. The van der Waals surface area contributed by atoms with Gasteiger partial charge in [0, 0.05) is 18.9 Å². The maximum absolute atomic E-state index is 4.39. The lowest BCUT2D eigenvalue weighted by molar-refractivity contribution is 0.296. The van der Waals surface area contributed by atoms with Gasteiger partial charge in [-0.3, -0.25) is 14.9 Å². The third-order valence-electron chi connectivity index (χ3n) is 3.05. The van der Waals surface area contributed by atoms with Crippen molar-refractivity contribution < 1.29 is 0 Å². The molecule has 0 saturated carbocycles. The summed E-state index contributed by atoms with van der Waals surface area (Å²) in [6.07, 6.45) is 3.66. The molecule has 0 atom stereocenters. The van der Waals surface area contributed by atoms with Crippen LogP contribution in [0.1, 0.15) is 19.4 Å². The molecular formula is C15H19N3. The van der Waals surface area contributed by atoms with Crippen molar-refractivity contribution >= 4 is 0 Å². The summed E-state index contributed by atoms with van der Waals surface area (Å²) in [4.78, 5) is 11.1. The van der Waals surface area contributed by atoms with Gasteiger partial charge in [0.1, 0.15) is 0 Å². The van der Waals surface area contributed by atoms with Crippen LogP contribution in [0.15, 0.2) is 42.7 Å². The second-order valence-electron chi connectivity index (χ2n) is 4.23. The van der Waals surface area contributed by atoms with E-state index in [9.17, 15) is 0 Å². The van der Waals surface area contributed by atoms with Crippen molar-refractivity contribution in [1.29, 1.82) is 0 Å². The molecule has 94 valence electrons. The minimum atomic E-state index is 0.930. The van der Waals surface area contributed by atoms with Crippen LogP contribution in [0.25, 0.3) is 11.4 Å². The van der Waals surface area contributed by atoms with Crippen LogP contribution in [0.4, 0.5) is 0 Å². The molecule has 2 aromatic heterocycles. The molecule has 3 nitrogen and oxygen atoms in total. The quantitative estimate of drug-likeness (QED) is 0.806. The highest BCUT2D eigenvalue weighted by atomic mass is 15.1. The third kappa shape index (κ3) is 3.14. The molecule has 0 aliphatic heterocycles. The zero-order chi connectivity index (χ0) is 12.8. The molecule has 0 aliphatic carbocycles. The summed E-state index contributed by atoms with van der Waals surface area (Å²) in [6, 6.07) is 10.1. The number of nitrogens with zero attached hydrogens (tertiary/aromatic N) is 3. The Bertz CT molecular complexity index is 478. The number of hydrogen-bond acceptors (Lipinski definition) is 3. The summed E-state index contributed by atoms with van der Waals surface area (Å²) in [5.41, 5.74) is 3.16. The summed E-state index contributed by atoms with van der Waals surface area (Å²) < 4.78 is 0. The number of aromatic nitrogens is 2. The molecule has 18 heavy (non-hydrogen) atoms. The van der Waals surface area contributed by atoms with Crippen molar-refractivity contribution in [2.45, 2.75) is 20.4 Å².